The van der Waals surface area contributed by atoms with Crippen LogP contribution in [0.5, 0.6) is 0 Å². The normalized spacial score (nSPS) is 18.6. The van der Waals surface area contributed by atoms with Gasteiger partial charge < -0.3 is 15.0 Å². The quantitative estimate of drug-likeness (QED) is 0.579. The van der Waals surface area contributed by atoms with Crippen LogP contribution in [0, 0.1) is 5.82 Å². The van der Waals surface area contributed by atoms with Crippen LogP contribution in [0.15, 0.2) is 79.1 Å². The minimum Gasteiger partial charge on any atom is -0.353 e. The van der Waals surface area contributed by atoms with Crippen LogP contribution in [0.4, 0.5) is 4.39 Å². The summed E-state index contributed by atoms with van der Waals surface area (Å²) in [5.41, 5.74) is 0.248. The fourth-order valence-corrected chi connectivity index (χ4v) is 4.96. The molecule has 5 rings (SSSR count). The van der Waals surface area contributed by atoms with Gasteiger partial charge in [-0.1, -0.05) is 36.4 Å². The Balaban J connectivity index is 1.36. The highest BCUT2D eigenvalue weighted by molar-refractivity contribution is 5.98. The molecule has 2 aromatic carbocycles. The lowest BCUT2D eigenvalue weighted by Gasteiger charge is -2.44. The lowest BCUT2D eigenvalue weighted by Crippen LogP contribution is -2.59. The molecule has 0 radical (unpaired) electrons. The van der Waals surface area contributed by atoms with E-state index < -0.39 is 23.5 Å². The zero-order valence-electron chi connectivity index (χ0n) is 20.2. The van der Waals surface area contributed by atoms with Crippen molar-refractivity contribution in [3.05, 3.63) is 102 Å². The van der Waals surface area contributed by atoms with Gasteiger partial charge in [-0.15, -0.1) is 0 Å². The van der Waals surface area contributed by atoms with Gasteiger partial charge in [0.15, 0.2) is 0 Å². The smallest absolute Gasteiger partial charge is 0.256 e. The molecule has 1 atom stereocenters. The number of halogens is 1. The molecule has 0 bridgehead atoms. The molecular weight excluding hydrogens is 475 g/mol. The molecule has 1 N–H and O–H groups in total. The first-order valence-electron chi connectivity index (χ1n) is 12.2. The molecule has 2 aliphatic heterocycles. The number of benzene rings is 2. The molecule has 37 heavy (non-hydrogen) atoms. The second-order valence-electron chi connectivity index (χ2n) is 9.17. The monoisotopic (exact) mass is 502 g/mol. The molecule has 1 unspecified atom stereocenters. The van der Waals surface area contributed by atoms with E-state index in [4.69, 9.17) is 4.74 Å². The molecule has 3 amide bonds. The molecule has 9 heteroatoms. The van der Waals surface area contributed by atoms with E-state index in [0.29, 0.717) is 18.4 Å². The maximum atomic E-state index is 14.2. The average molecular weight is 503 g/mol. The van der Waals surface area contributed by atoms with Gasteiger partial charge in [-0.05, 0) is 35.9 Å². The number of likely N-dealkylation sites (tertiary alicyclic amines) is 1. The molecule has 3 heterocycles. The van der Waals surface area contributed by atoms with Crippen molar-refractivity contribution in [2.24, 2.45) is 0 Å². The van der Waals surface area contributed by atoms with Crippen LogP contribution in [0.3, 0.4) is 0 Å². The minimum atomic E-state index is -1.05. The van der Waals surface area contributed by atoms with Gasteiger partial charge in [-0.3, -0.25) is 24.3 Å². The topological polar surface area (TPSA) is 91.8 Å². The summed E-state index contributed by atoms with van der Waals surface area (Å²) in [6, 6.07) is 17.4. The standard InChI is InChI=1S/C28H27FN4O4/c29-23-11-5-4-10-22(23)27(36)32-15-12-28(13-16-32)33(26(35)21-8-2-1-3-9-21)24(19-37-28)25(34)31-18-20-7-6-14-30-17-20/h1-11,14,17,24H,12-13,15-16,18-19H2,(H,31,34). The van der Waals surface area contributed by atoms with E-state index in [2.05, 4.69) is 10.3 Å². The fraction of sp³-hybridized carbons (Fsp3) is 0.286. The first-order chi connectivity index (χ1) is 18.0. The van der Waals surface area contributed by atoms with Crippen molar-refractivity contribution < 1.29 is 23.5 Å². The van der Waals surface area contributed by atoms with Crippen molar-refractivity contribution in [3.8, 4) is 0 Å². The van der Waals surface area contributed by atoms with E-state index in [-0.39, 0.29) is 43.6 Å². The van der Waals surface area contributed by atoms with Crippen molar-refractivity contribution in [2.45, 2.75) is 31.2 Å². The first-order valence-corrected chi connectivity index (χ1v) is 12.2. The van der Waals surface area contributed by atoms with Crippen molar-refractivity contribution in [1.29, 1.82) is 0 Å². The van der Waals surface area contributed by atoms with E-state index >= 15 is 0 Å². The second kappa shape index (κ2) is 10.5. The van der Waals surface area contributed by atoms with Gasteiger partial charge in [0, 0.05) is 50.4 Å². The molecule has 1 aromatic heterocycles. The van der Waals surface area contributed by atoms with Crippen molar-refractivity contribution in [1.82, 2.24) is 20.1 Å². The Bertz CT molecular complexity index is 1280. The summed E-state index contributed by atoms with van der Waals surface area (Å²) in [5.74, 6) is -1.61. The molecule has 0 saturated carbocycles. The highest BCUT2D eigenvalue weighted by Gasteiger charge is 2.54. The highest BCUT2D eigenvalue weighted by Crippen LogP contribution is 2.39. The van der Waals surface area contributed by atoms with Gasteiger partial charge in [-0.25, -0.2) is 4.39 Å². The third kappa shape index (κ3) is 4.95. The summed E-state index contributed by atoms with van der Waals surface area (Å²) in [4.78, 5) is 47.1. The van der Waals surface area contributed by atoms with E-state index in [1.54, 1.807) is 53.7 Å². The predicted octanol–water partition coefficient (Wildman–Crippen LogP) is 3.01. The van der Waals surface area contributed by atoms with Gasteiger partial charge in [0.05, 0.1) is 12.2 Å². The molecule has 0 aliphatic carbocycles. The molecule has 3 aromatic rings. The van der Waals surface area contributed by atoms with Gasteiger partial charge >= 0.3 is 0 Å². The Hall–Kier alpha value is -4.11. The van der Waals surface area contributed by atoms with Crippen molar-refractivity contribution in [3.63, 3.8) is 0 Å². The van der Waals surface area contributed by atoms with Gasteiger partial charge in [0.25, 0.3) is 11.8 Å². The highest BCUT2D eigenvalue weighted by atomic mass is 19.1. The molecule has 1 spiro atoms. The van der Waals surface area contributed by atoms with Crippen molar-refractivity contribution in [2.75, 3.05) is 19.7 Å². The Morgan fingerprint density at radius 3 is 2.41 bits per heavy atom. The lowest BCUT2D eigenvalue weighted by molar-refractivity contribution is -0.128. The number of carbonyl (C=O) groups is 3. The van der Waals surface area contributed by atoms with Gasteiger partial charge in [0.1, 0.15) is 17.6 Å². The second-order valence-corrected chi connectivity index (χ2v) is 9.17. The van der Waals surface area contributed by atoms with E-state index in [1.165, 1.54) is 23.1 Å². The third-order valence-corrected chi connectivity index (χ3v) is 6.93. The number of aromatic nitrogens is 1. The lowest BCUT2D eigenvalue weighted by atomic mass is 9.96. The Kier molecular flexibility index (Phi) is 6.96. The maximum Gasteiger partial charge on any atom is 0.256 e. The molecule has 2 saturated heterocycles. The number of rotatable bonds is 5. The minimum absolute atomic E-state index is 0.00987. The third-order valence-electron chi connectivity index (χ3n) is 6.93. The van der Waals surface area contributed by atoms with E-state index in [0.717, 1.165) is 5.56 Å². The molecule has 8 nitrogen and oxygen atoms in total. The summed E-state index contributed by atoms with van der Waals surface area (Å²) in [6.45, 7) is 0.832. The average Bonchev–Trinajstić information content (AvgIpc) is 3.31. The number of nitrogens with zero attached hydrogens (tertiary/aromatic N) is 3. The molecule has 2 fully saturated rings. The number of piperidine rings is 1. The SMILES string of the molecule is O=C(NCc1cccnc1)C1COC2(CCN(C(=O)c3ccccc3F)CC2)N1C(=O)c1ccccc1. The van der Waals surface area contributed by atoms with Crippen LogP contribution in [0.1, 0.15) is 39.1 Å². The molecule has 2 aliphatic rings. The Morgan fingerprint density at radius 1 is 0.973 bits per heavy atom. The number of carbonyl (C=O) groups excluding carboxylic acids is 3. The zero-order valence-corrected chi connectivity index (χ0v) is 20.2. The van der Waals surface area contributed by atoms with Crippen LogP contribution in [0.2, 0.25) is 0 Å². The summed E-state index contributed by atoms with van der Waals surface area (Å²) in [5, 5.41) is 2.89. The number of nitrogens with one attached hydrogen (secondary N) is 1. The number of ether oxygens (including phenoxy) is 1. The van der Waals surface area contributed by atoms with Crippen LogP contribution in [-0.4, -0.2) is 64.0 Å². The van der Waals surface area contributed by atoms with Crippen LogP contribution in [0.25, 0.3) is 0 Å². The summed E-state index contributed by atoms with van der Waals surface area (Å²) < 4.78 is 20.4. The van der Waals surface area contributed by atoms with Gasteiger partial charge in [-0.2, -0.15) is 0 Å². The largest absolute Gasteiger partial charge is 0.353 e. The molecular formula is C28H27FN4O4. The van der Waals surface area contributed by atoms with Crippen LogP contribution < -0.4 is 5.32 Å². The Morgan fingerprint density at radius 2 is 1.70 bits per heavy atom. The van der Waals surface area contributed by atoms with E-state index in [9.17, 15) is 18.8 Å². The zero-order chi connectivity index (χ0) is 25.8. The number of hydrogen-bond acceptors (Lipinski definition) is 5. The van der Waals surface area contributed by atoms with Gasteiger partial charge in [0.2, 0.25) is 5.91 Å². The number of amides is 3. The molecule has 190 valence electrons. The summed E-state index contributed by atoms with van der Waals surface area (Å²) in [7, 11) is 0. The first kappa shape index (κ1) is 24.6. The fourth-order valence-electron chi connectivity index (χ4n) is 4.96. The predicted molar refractivity (Wildman–Crippen MR) is 133 cm³/mol. The summed E-state index contributed by atoms with van der Waals surface area (Å²) in [6.07, 6.45) is 3.93. The number of hydrogen-bond donors (Lipinski definition) is 1. The van der Waals surface area contributed by atoms with Crippen LogP contribution in [-0.2, 0) is 16.1 Å². The van der Waals surface area contributed by atoms with Crippen molar-refractivity contribution >= 4 is 17.7 Å². The maximum absolute atomic E-state index is 14.2. The summed E-state index contributed by atoms with van der Waals surface area (Å²) >= 11 is 0. The Labute approximate surface area is 214 Å². The number of pyridine rings is 1. The van der Waals surface area contributed by atoms with E-state index in [1.807, 2.05) is 12.1 Å². The van der Waals surface area contributed by atoms with Crippen LogP contribution >= 0.6 is 0 Å².